The molecule has 3 N–H and O–H groups in total. The fourth-order valence-electron chi connectivity index (χ4n) is 2.76. The summed E-state index contributed by atoms with van der Waals surface area (Å²) in [4.78, 5) is 23.3. The van der Waals surface area contributed by atoms with Crippen LogP contribution in [-0.4, -0.2) is 31.7 Å². The number of hydrogen-bond acceptors (Lipinski definition) is 6. The molecule has 0 unspecified atom stereocenters. The number of rotatable bonds is 10. The summed E-state index contributed by atoms with van der Waals surface area (Å²) >= 11 is 6.11. The summed E-state index contributed by atoms with van der Waals surface area (Å²) in [6.07, 6.45) is 1.43. The Kier molecular flexibility index (Phi) is 8.26. The first kappa shape index (κ1) is 23.6. The molecule has 2 amide bonds. The van der Waals surface area contributed by atoms with E-state index in [1.165, 1.54) is 13.3 Å². The largest absolute Gasteiger partial charge is 0.493 e. The first-order valence-corrected chi connectivity index (χ1v) is 10.2. The number of ether oxygens (including phenoxy) is 3. The minimum Gasteiger partial charge on any atom is -0.493 e. The molecule has 3 rings (SSSR count). The summed E-state index contributed by atoms with van der Waals surface area (Å²) < 4.78 is 16.3. The number of nitrogens with two attached hydrogens (primary N) is 1. The number of amides is 2. The Balaban J connectivity index is 1.60. The van der Waals surface area contributed by atoms with Gasteiger partial charge in [-0.1, -0.05) is 41.9 Å². The zero-order valence-electron chi connectivity index (χ0n) is 17.8. The Morgan fingerprint density at radius 2 is 1.76 bits per heavy atom. The fourth-order valence-corrected chi connectivity index (χ4v) is 3.00. The van der Waals surface area contributed by atoms with Gasteiger partial charge in [-0.3, -0.25) is 9.59 Å². The number of nitrogens with zero attached hydrogens (tertiary/aromatic N) is 1. The van der Waals surface area contributed by atoms with Gasteiger partial charge in [0.2, 0.25) is 0 Å². The van der Waals surface area contributed by atoms with Gasteiger partial charge in [-0.25, -0.2) is 5.43 Å². The molecule has 33 heavy (non-hydrogen) atoms. The molecule has 0 heterocycles. The van der Waals surface area contributed by atoms with Gasteiger partial charge in [-0.05, 0) is 47.5 Å². The number of hydrogen-bond donors (Lipinski definition) is 2. The molecular formula is C24H22ClN3O5. The van der Waals surface area contributed by atoms with Gasteiger partial charge in [0.25, 0.3) is 11.8 Å². The molecule has 0 fully saturated rings. The van der Waals surface area contributed by atoms with Gasteiger partial charge in [-0.2, -0.15) is 5.10 Å². The minimum atomic E-state index is -0.605. The Labute approximate surface area is 195 Å². The van der Waals surface area contributed by atoms with Crippen LogP contribution in [0.4, 0.5) is 0 Å². The van der Waals surface area contributed by atoms with E-state index in [1.54, 1.807) is 36.4 Å². The number of carbonyl (C=O) groups excluding carboxylic acids is 2. The molecule has 170 valence electrons. The summed E-state index contributed by atoms with van der Waals surface area (Å²) in [6.45, 7) is 0.102. The summed E-state index contributed by atoms with van der Waals surface area (Å²) in [7, 11) is 1.51. The van der Waals surface area contributed by atoms with E-state index in [0.717, 1.165) is 5.56 Å². The minimum absolute atomic E-state index is 0.275. The SMILES string of the molecule is COc1cc(C(=O)N/N=C/c2ccc(OCC(N)=O)c(Cl)c2)ccc1OCc1ccccc1. The van der Waals surface area contributed by atoms with Crippen molar-refractivity contribution in [1.29, 1.82) is 0 Å². The molecule has 0 atom stereocenters. The first-order chi connectivity index (χ1) is 16.0. The van der Waals surface area contributed by atoms with Crippen LogP contribution in [0, 0.1) is 0 Å². The van der Waals surface area contributed by atoms with E-state index in [9.17, 15) is 9.59 Å². The Morgan fingerprint density at radius 3 is 2.45 bits per heavy atom. The second kappa shape index (κ2) is 11.5. The molecule has 0 aromatic heterocycles. The number of carbonyl (C=O) groups is 2. The number of hydrazone groups is 1. The summed E-state index contributed by atoms with van der Waals surface area (Å²) in [6, 6.07) is 19.4. The highest BCUT2D eigenvalue weighted by Crippen LogP contribution is 2.29. The average Bonchev–Trinajstić information content (AvgIpc) is 2.82. The molecule has 0 spiro atoms. The van der Waals surface area contributed by atoms with Crippen molar-refractivity contribution in [3.8, 4) is 17.2 Å². The molecule has 0 aliphatic heterocycles. The highest BCUT2D eigenvalue weighted by atomic mass is 35.5. The average molecular weight is 468 g/mol. The predicted octanol–water partition coefficient (Wildman–Crippen LogP) is 3.56. The van der Waals surface area contributed by atoms with Gasteiger partial charge in [0.15, 0.2) is 18.1 Å². The van der Waals surface area contributed by atoms with Crippen molar-refractivity contribution in [2.75, 3.05) is 13.7 Å². The third kappa shape index (κ3) is 6.98. The Bertz CT molecular complexity index is 1150. The molecule has 3 aromatic carbocycles. The zero-order valence-corrected chi connectivity index (χ0v) is 18.5. The Hall–Kier alpha value is -4.04. The quantitative estimate of drug-likeness (QED) is 0.350. The number of methoxy groups -OCH3 is 1. The molecule has 0 saturated carbocycles. The second-order valence-electron chi connectivity index (χ2n) is 6.78. The van der Waals surface area contributed by atoms with Crippen LogP contribution in [0.25, 0.3) is 0 Å². The van der Waals surface area contributed by atoms with Crippen molar-refractivity contribution in [2.45, 2.75) is 6.61 Å². The number of benzene rings is 3. The van der Waals surface area contributed by atoms with Crippen LogP contribution in [0.1, 0.15) is 21.5 Å². The van der Waals surface area contributed by atoms with Crippen LogP contribution in [0.15, 0.2) is 71.8 Å². The van der Waals surface area contributed by atoms with Gasteiger partial charge >= 0.3 is 0 Å². The van der Waals surface area contributed by atoms with E-state index in [0.29, 0.717) is 35.0 Å². The van der Waals surface area contributed by atoms with E-state index in [4.69, 9.17) is 31.5 Å². The van der Waals surface area contributed by atoms with Crippen LogP contribution in [-0.2, 0) is 11.4 Å². The van der Waals surface area contributed by atoms with Crippen LogP contribution >= 0.6 is 11.6 Å². The van der Waals surface area contributed by atoms with Gasteiger partial charge < -0.3 is 19.9 Å². The number of primary amides is 1. The highest BCUT2D eigenvalue weighted by molar-refractivity contribution is 6.32. The van der Waals surface area contributed by atoms with E-state index >= 15 is 0 Å². The predicted molar refractivity (Wildman–Crippen MR) is 125 cm³/mol. The number of nitrogens with one attached hydrogen (secondary N) is 1. The molecule has 0 aliphatic carbocycles. The second-order valence-corrected chi connectivity index (χ2v) is 7.19. The van der Waals surface area contributed by atoms with Gasteiger partial charge in [0, 0.05) is 5.56 Å². The topological polar surface area (TPSA) is 112 Å². The maximum atomic E-state index is 12.5. The molecule has 0 saturated heterocycles. The van der Waals surface area contributed by atoms with Crippen LogP contribution in [0.2, 0.25) is 5.02 Å². The lowest BCUT2D eigenvalue weighted by Crippen LogP contribution is -2.20. The highest BCUT2D eigenvalue weighted by Gasteiger charge is 2.11. The van der Waals surface area contributed by atoms with Crippen LogP contribution < -0.4 is 25.4 Å². The zero-order chi connectivity index (χ0) is 23.6. The third-order valence-electron chi connectivity index (χ3n) is 4.37. The maximum absolute atomic E-state index is 12.5. The van der Waals surface area contributed by atoms with Crippen molar-refractivity contribution in [3.63, 3.8) is 0 Å². The lowest BCUT2D eigenvalue weighted by molar-refractivity contribution is -0.119. The first-order valence-electron chi connectivity index (χ1n) is 9.85. The van der Waals surface area contributed by atoms with Gasteiger partial charge in [0.1, 0.15) is 12.4 Å². The van der Waals surface area contributed by atoms with Crippen LogP contribution in [0.5, 0.6) is 17.2 Å². The Morgan fingerprint density at radius 1 is 1.00 bits per heavy atom. The van der Waals surface area contributed by atoms with Crippen molar-refractivity contribution in [3.05, 3.63) is 88.4 Å². The van der Waals surface area contributed by atoms with Crippen molar-refractivity contribution >= 4 is 29.6 Å². The normalized spacial score (nSPS) is 10.6. The molecule has 8 nitrogen and oxygen atoms in total. The van der Waals surface area contributed by atoms with E-state index < -0.39 is 11.8 Å². The molecule has 9 heteroatoms. The molecule has 0 aliphatic rings. The molecule has 0 radical (unpaired) electrons. The standard InChI is InChI=1S/C24H22ClN3O5/c1-31-22-12-18(8-10-21(22)32-14-16-5-3-2-4-6-16)24(30)28-27-13-17-7-9-20(19(25)11-17)33-15-23(26)29/h2-13H,14-15H2,1H3,(H2,26,29)(H,28,30)/b27-13+. The van der Waals surface area contributed by atoms with Crippen molar-refractivity contribution < 1.29 is 23.8 Å². The summed E-state index contributed by atoms with van der Waals surface area (Å²) in [5, 5.41) is 4.23. The molecular weight excluding hydrogens is 446 g/mol. The molecule has 3 aromatic rings. The van der Waals surface area contributed by atoms with E-state index in [-0.39, 0.29) is 11.6 Å². The maximum Gasteiger partial charge on any atom is 0.271 e. The summed E-state index contributed by atoms with van der Waals surface area (Å²) in [5.74, 6) is 0.243. The number of halogens is 1. The lowest BCUT2D eigenvalue weighted by atomic mass is 10.2. The third-order valence-corrected chi connectivity index (χ3v) is 4.66. The van der Waals surface area contributed by atoms with Gasteiger partial charge in [-0.15, -0.1) is 0 Å². The fraction of sp³-hybridized carbons (Fsp3) is 0.125. The van der Waals surface area contributed by atoms with E-state index in [1.807, 2.05) is 30.3 Å². The molecule has 0 bridgehead atoms. The van der Waals surface area contributed by atoms with Crippen LogP contribution in [0.3, 0.4) is 0 Å². The monoisotopic (exact) mass is 467 g/mol. The van der Waals surface area contributed by atoms with Crippen molar-refractivity contribution in [2.24, 2.45) is 10.8 Å². The summed E-state index contributed by atoms with van der Waals surface area (Å²) in [5.41, 5.74) is 9.48. The van der Waals surface area contributed by atoms with Crippen molar-refractivity contribution in [1.82, 2.24) is 5.43 Å². The lowest BCUT2D eigenvalue weighted by Gasteiger charge is -2.12. The van der Waals surface area contributed by atoms with E-state index in [2.05, 4.69) is 10.5 Å². The smallest absolute Gasteiger partial charge is 0.271 e. The van der Waals surface area contributed by atoms with Gasteiger partial charge in [0.05, 0.1) is 18.3 Å².